The fraction of sp³-hybridized carbons (Fsp3) is 0.960. The van der Waals surface area contributed by atoms with Gasteiger partial charge in [-0.25, -0.2) is 0 Å². The van der Waals surface area contributed by atoms with Gasteiger partial charge in [0, 0.05) is 13.5 Å². The minimum absolute atomic E-state index is 0.0847. The van der Waals surface area contributed by atoms with Crippen molar-refractivity contribution in [3.8, 4) is 0 Å². The molecule has 31 heavy (non-hydrogen) atoms. The van der Waals surface area contributed by atoms with Crippen molar-refractivity contribution in [3.63, 3.8) is 0 Å². The first-order chi connectivity index (χ1) is 15.2. The molecule has 0 amide bonds. The normalized spacial score (nSPS) is 21.3. The molecule has 1 aliphatic heterocycles. The maximum absolute atomic E-state index is 12.2. The molecule has 0 bridgehead atoms. The lowest BCUT2D eigenvalue weighted by Gasteiger charge is -2.37. The molecule has 1 aliphatic rings. The van der Waals surface area contributed by atoms with Gasteiger partial charge in [0.2, 0.25) is 0 Å². The van der Waals surface area contributed by atoms with E-state index in [0.29, 0.717) is 26.2 Å². The maximum Gasteiger partial charge on any atom is 0.332 e. The van der Waals surface area contributed by atoms with Gasteiger partial charge in [0.15, 0.2) is 0 Å². The summed E-state index contributed by atoms with van der Waals surface area (Å²) in [5.41, 5.74) is -0.223. The van der Waals surface area contributed by atoms with Crippen LogP contribution in [0.25, 0.3) is 0 Å². The van der Waals surface area contributed by atoms with E-state index < -0.39 is 8.60 Å². The molecule has 6 heteroatoms. The summed E-state index contributed by atoms with van der Waals surface area (Å²) >= 11 is 0. The minimum atomic E-state index is -1.23. The Hall–Kier alpha value is -0.220. The summed E-state index contributed by atoms with van der Waals surface area (Å²) in [4.78, 5) is 12.2. The largest absolute Gasteiger partial charge is 0.465 e. The van der Waals surface area contributed by atoms with E-state index in [1.54, 1.807) is 7.11 Å². The highest BCUT2D eigenvalue weighted by molar-refractivity contribution is 7.41. The summed E-state index contributed by atoms with van der Waals surface area (Å²) in [6.07, 6.45) is 20.7. The predicted molar refractivity (Wildman–Crippen MR) is 129 cm³/mol. The van der Waals surface area contributed by atoms with Crippen molar-refractivity contribution in [3.05, 3.63) is 0 Å². The molecule has 0 aromatic rings. The first-order valence-corrected chi connectivity index (χ1v) is 14.0. The summed E-state index contributed by atoms with van der Waals surface area (Å²) in [5.74, 6) is -0.0847. The lowest BCUT2D eigenvalue weighted by Crippen LogP contribution is -2.40. The van der Waals surface area contributed by atoms with Crippen LogP contribution in [0.4, 0.5) is 0 Å². The second kappa shape index (κ2) is 19.3. The monoisotopic (exact) mass is 460 g/mol. The Balaban J connectivity index is 2.02. The number of hydrogen-bond acceptors (Lipinski definition) is 5. The van der Waals surface area contributed by atoms with Crippen LogP contribution < -0.4 is 0 Å². The van der Waals surface area contributed by atoms with Crippen molar-refractivity contribution >= 4 is 14.6 Å². The van der Waals surface area contributed by atoms with Gasteiger partial charge in [0.05, 0.1) is 18.6 Å². The standard InChI is InChI=1S/C25H49O5P/c1-4-6-8-9-10-11-12-13-14-15-16-17-18-19-24(26)28-21-25(20-7-5-2)22-29-31(27-3)30-23-25/h4-23H2,1-3H3. The fourth-order valence-electron chi connectivity index (χ4n) is 4.01. The topological polar surface area (TPSA) is 54.0 Å². The van der Waals surface area contributed by atoms with Crippen LogP contribution in [0.2, 0.25) is 0 Å². The SMILES string of the molecule is CCCCCCCCCCCCCCCC(=O)OCC1(CCCC)COP(OC)OC1. The van der Waals surface area contributed by atoms with E-state index in [4.69, 9.17) is 18.3 Å². The van der Waals surface area contributed by atoms with Crippen molar-refractivity contribution in [2.24, 2.45) is 5.41 Å². The molecule has 184 valence electrons. The van der Waals surface area contributed by atoms with E-state index in [0.717, 1.165) is 32.1 Å². The van der Waals surface area contributed by atoms with E-state index in [2.05, 4.69) is 13.8 Å². The van der Waals surface area contributed by atoms with E-state index >= 15 is 0 Å². The number of rotatable bonds is 20. The number of hydrogen-bond donors (Lipinski definition) is 0. The molecule has 0 N–H and O–H groups in total. The van der Waals surface area contributed by atoms with Crippen LogP contribution in [0.15, 0.2) is 0 Å². The summed E-state index contributed by atoms with van der Waals surface area (Å²) in [6, 6.07) is 0. The van der Waals surface area contributed by atoms with Crippen LogP contribution in [-0.4, -0.2) is 32.9 Å². The molecular weight excluding hydrogens is 411 g/mol. The third-order valence-corrected chi connectivity index (χ3v) is 7.16. The van der Waals surface area contributed by atoms with Crippen LogP contribution in [0.3, 0.4) is 0 Å². The second-order valence-electron chi connectivity index (χ2n) is 9.21. The predicted octanol–water partition coefficient (Wildman–Crippen LogP) is 8.11. The average Bonchev–Trinajstić information content (AvgIpc) is 2.80. The molecule has 1 heterocycles. The smallest absolute Gasteiger partial charge is 0.332 e. The summed E-state index contributed by atoms with van der Waals surface area (Å²) in [6.45, 7) is 5.91. The van der Waals surface area contributed by atoms with Gasteiger partial charge in [-0.1, -0.05) is 104 Å². The van der Waals surface area contributed by atoms with Gasteiger partial charge in [0.1, 0.15) is 6.61 Å². The molecular formula is C25H49O5P. The lowest BCUT2D eigenvalue weighted by atomic mass is 9.85. The third kappa shape index (κ3) is 14.5. The van der Waals surface area contributed by atoms with Crippen LogP contribution in [0.5, 0.6) is 0 Å². The molecule has 0 aromatic heterocycles. The molecule has 0 aliphatic carbocycles. The lowest BCUT2D eigenvalue weighted by molar-refractivity contribution is -0.151. The van der Waals surface area contributed by atoms with Gasteiger partial charge in [-0.05, 0) is 12.8 Å². The molecule has 0 unspecified atom stereocenters. The molecule has 5 nitrogen and oxygen atoms in total. The van der Waals surface area contributed by atoms with Crippen molar-refractivity contribution in [1.29, 1.82) is 0 Å². The highest BCUT2D eigenvalue weighted by Gasteiger charge is 2.38. The van der Waals surface area contributed by atoms with Crippen LogP contribution in [0, 0.1) is 5.41 Å². The Morgan fingerprint density at radius 1 is 0.774 bits per heavy atom. The van der Waals surface area contributed by atoms with Gasteiger partial charge >= 0.3 is 14.6 Å². The van der Waals surface area contributed by atoms with Gasteiger partial charge < -0.3 is 18.3 Å². The Labute approximate surface area is 193 Å². The number of carbonyl (C=O) groups is 1. The van der Waals surface area contributed by atoms with Crippen molar-refractivity contribution in [2.75, 3.05) is 26.9 Å². The Kier molecular flexibility index (Phi) is 17.9. The highest BCUT2D eigenvalue weighted by Crippen LogP contribution is 2.47. The molecule has 1 fully saturated rings. The van der Waals surface area contributed by atoms with E-state index in [9.17, 15) is 4.79 Å². The van der Waals surface area contributed by atoms with E-state index in [-0.39, 0.29) is 11.4 Å². The number of unbranched alkanes of at least 4 members (excludes halogenated alkanes) is 13. The summed E-state index contributed by atoms with van der Waals surface area (Å²) < 4.78 is 22.2. The zero-order valence-electron chi connectivity index (χ0n) is 20.6. The van der Waals surface area contributed by atoms with Crippen molar-refractivity contribution < 1.29 is 23.1 Å². The Morgan fingerprint density at radius 3 is 1.74 bits per heavy atom. The molecule has 0 radical (unpaired) electrons. The van der Waals surface area contributed by atoms with E-state index in [1.165, 1.54) is 70.6 Å². The van der Waals surface area contributed by atoms with Crippen molar-refractivity contribution in [1.82, 2.24) is 0 Å². The highest BCUT2D eigenvalue weighted by atomic mass is 31.2. The quantitative estimate of drug-likeness (QED) is 0.104. The molecule has 0 spiro atoms. The molecule has 1 saturated heterocycles. The zero-order valence-corrected chi connectivity index (χ0v) is 21.5. The Morgan fingerprint density at radius 2 is 1.26 bits per heavy atom. The molecule has 0 saturated carbocycles. The number of carbonyl (C=O) groups excluding carboxylic acids is 1. The van der Waals surface area contributed by atoms with Crippen LogP contribution in [-0.2, 0) is 23.1 Å². The van der Waals surface area contributed by atoms with Crippen molar-refractivity contribution in [2.45, 2.75) is 123 Å². The van der Waals surface area contributed by atoms with Gasteiger partial charge in [0.25, 0.3) is 0 Å². The van der Waals surface area contributed by atoms with Crippen LogP contribution in [0.1, 0.15) is 123 Å². The third-order valence-electron chi connectivity index (χ3n) is 6.19. The number of esters is 1. The minimum Gasteiger partial charge on any atom is -0.465 e. The summed E-state index contributed by atoms with van der Waals surface area (Å²) in [7, 11) is 0.364. The first kappa shape index (κ1) is 28.8. The number of ether oxygens (including phenoxy) is 1. The molecule has 0 aromatic carbocycles. The van der Waals surface area contributed by atoms with Crippen LogP contribution >= 0.6 is 8.60 Å². The first-order valence-electron chi connectivity index (χ1n) is 12.9. The average molecular weight is 461 g/mol. The van der Waals surface area contributed by atoms with Gasteiger partial charge in [-0.2, -0.15) is 0 Å². The second-order valence-corrected chi connectivity index (χ2v) is 10.5. The maximum atomic E-state index is 12.2. The zero-order chi connectivity index (χ0) is 22.6. The fourth-order valence-corrected chi connectivity index (χ4v) is 5.05. The van der Waals surface area contributed by atoms with E-state index in [1.807, 2.05) is 0 Å². The van der Waals surface area contributed by atoms with Gasteiger partial charge in [-0.15, -0.1) is 0 Å². The Bertz CT molecular complexity index is 424. The van der Waals surface area contributed by atoms with Gasteiger partial charge in [-0.3, -0.25) is 4.79 Å². The summed E-state index contributed by atoms with van der Waals surface area (Å²) in [5, 5.41) is 0. The molecule has 1 rings (SSSR count). The molecule has 0 atom stereocenters.